The topological polar surface area (TPSA) is 54.9 Å². The summed E-state index contributed by atoms with van der Waals surface area (Å²) in [5.74, 6) is 0.893. The van der Waals surface area contributed by atoms with E-state index >= 15 is 0 Å². The first-order valence-electron chi connectivity index (χ1n) is 9.62. The maximum atomic E-state index is 5.79. The minimum absolute atomic E-state index is 0.134. The van der Waals surface area contributed by atoms with E-state index in [-0.39, 0.29) is 11.0 Å². The van der Waals surface area contributed by atoms with Gasteiger partial charge in [-0.25, -0.2) is 0 Å². The summed E-state index contributed by atoms with van der Waals surface area (Å²) in [7, 11) is 1.80. The molecule has 5 heteroatoms. The molecule has 0 aromatic heterocycles. The fraction of sp³-hybridized carbons (Fsp3) is 0.947. The van der Waals surface area contributed by atoms with Gasteiger partial charge in [0.15, 0.2) is 5.96 Å². The fourth-order valence-electron chi connectivity index (χ4n) is 3.01. The van der Waals surface area contributed by atoms with Gasteiger partial charge in [0, 0.05) is 52.8 Å². The molecule has 24 heavy (non-hydrogen) atoms. The third-order valence-electron chi connectivity index (χ3n) is 4.88. The molecule has 0 spiro atoms. The molecule has 0 radical (unpaired) electrons. The van der Waals surface area contributed by atoms with Crippen molar-refractivity contribution < 1.29 is 9.47 Å². The van der Waals surface area contributed by atoms with E-state index in [1.807, 2.05) is 0 Å². The zero-order valence-corrected chi connectivity index (χ0v) is 16.5. The van der Waals surface area contributed by atoms with Crippen molar-refractivity contribution >= 4 is 5.96 Å². The lowest BCUT2D eigenvalue weighted by Gasteiger charge is -2.36. The molecule has 0 saturated carbocycles. The maximum Gasteiger partial charge on any atom is 0.191 e. The summed E-state index contributed by atoms with van der Waals surface area (Å²) < 4.78 is 11.3. The molecule has 1 rings (SSSR count). The number of nitrogens with zero attached hydrogens (tertiary/aromatic N) is 1. The molecule has 0 aromatic rings. The Balaban J connectivity index is 2.55. The van der Waals surface area contributed by atoms with Crippen LogP contribution in [0.1, 0.15) is 66.2 Å². The van der Waals surface area contributed by atoms with Gasteiger partial charge in [-0.2, -0.15) is 0 Å². The van der Waals surface area contributed by atoms with Crippen molar-refractivity contribution in [2.75, 3.05) is 40.0 Å². The van der Waals surface area contributed by atoms with Gasteiger partial charge >= 0.3 is 0 Å². The van der Waals surface area contributed by atoms with Crippen molar-refractivity contribution in [2.45, 2.75) is 71.8 Å². The molecule has 1 saturated heterocycles. The Morgan fingerprint density at radius 3 is 2.46 bits per heavy atom. The van der Waals surface area contributed by atoms with Crippen LogP contribution in [0.5, 0.6) is 0 Å². The number of guanidine groups is 1. The lowest BCUT2D eigenvalue weighted by molar-refractivity contribution is -0.0855. The van der Waals surface area contributed by atoms with Crippen molar-refractivity contribution in [2.24, 2.45) is 10.4 Å². The quantitative estimate of drug-likeness (QED) is 0.363. The Hall–Kier alpha value is -0.810. The van der Waals surface area contributed by atoms with Crippen LogP contribution in [0.2, 0.25) is 0 Å². The second-order valence-corrected chi connectivity index (χ2v) is 7.67. The van der Waals surface area contributed by atoms with Gasteiger partial charge in [-0.05, 0) is 18.8 Å². The Labute approximate surface area is 149 Å². The van der Waals surface area contributed by atoms with E-state index in [4.69, 9.17) is 14.5 Å². The molecule has 0 amide bonds. The first kappa shape index (κ1) is 21.2. The summed E-state index contributed by atoms with van der Waals surface area (Å²) in [6.45, 7) is 13.0. The number of rotatable bonds is 10. The van der Waals surface area contributed by atoms with Gasteiger partial charge in [0.05, 0.1) is 5.60 Å². The zero-order valence-electron chi connectivity index (χ0n) is 16.5. The maximum absolute atomic E-state index is 5.79. The summed E-state index contributed by atoms with van der Waals surface area (Å²) in [5, 5.41) is 6.84. The molecule has 5 nitrogen and oxygen atoms in total. The van der Waals surface area contributed by atoms with Crippen molar-refractivity contribution in [1.82, 2.24) is 10.6 Å². The molecule has 0 unspecified atom stereocenters. The summed E-state index contributed by atoms with van der Waals surface area (Å²) >= 11 is 0. The highest BCUT2D eigenvalue weighted by molar-refractivity contribution is 5.79. The number of nitrogens with one attached hydrogen (secondary N) is 2. The van der Waals surface area contributed by atoms with Gasteiger partial charge in [0.1, 0.15) is 0 Å². The number of aliphatic imine (C=N–C) groups is 1. The van der Waals surface area contributed by atoms with Gasteiger partial charge in [-0.3, -0.25) is 4.99 Å². The van der Waals surface area contributed by atoms with Crippen molar-refractivity contribution in [3.63, 3.8) is 0 Å². The monoisotopic (exact) mass is 341 g/mol. The molecule has 0 aliphatic carbocycles. The molecule has 1 aliphatic heterocycles. The molecule has 142 valence electrons. The highest BCUT2D eigenvalue weighted by Gasteiger charge is 2.32. The average molecular weight is 342 g/mol. The number of hydrogen-bond acceptors (Lipinski definition) is 3. The third-order valence-corrected chi connectivity index (χ3v) is 4.88. The van der Waals surface area contributed by atoms with Crippen LogP contribution in [-0.2, 0) is 9.47 Å². The minimum Gasteiger partial charge on any atom is -0.381 e. The van der Waals surface area contributed by atoms with Crippen molar-refractivity contribution in [3.8, 4) is 0 Å². The first-order chi connectivity index (χ1) is 11.5. The van der Waals surface area contributed by atoms with E-state index in [9.17, 15) is 0 Å². The van der Waals surface area contributed by atoms with Crippen LogP contribution in [0.4, 0.5) is 0 Å². The molecule has 1 fully saturated rings. The molecule has 0 atom stereocenters. The standard InChI is InChI=1S/C19H39N3O2/c1-6-8-9-10-18(3,4)15-21-17(20-7-2)22-16-19(23-5)11-13-24-14-12-19/h6-16H2,1-5H3,(H2,20,21,22). The predicted octanol–water partition coefficient (Wildman–Crippen LogP) is 3.34. The lowest BCUT2D eigenvalue weighted by atomic mass is 9.87. The Kier molecular flexibility index (Phi) is 9.67. The molecule has 0 bridgehead atoms. The van der Waals surface area contributed by atoms with Crippen LogP contribution in [0, 0.1) is 5.41 Å². The summed E-state index contributed by atoms with van der Waals surface area (Å²) in [6, 6.07) is 0. The zero-order chi connectivity index (χ0) is 17.9. The van der Waals surface area contributed by atoms with Gasteiger partial charge in [-0.1, -0.05) is 40.0 Å². The highest BCUT2D eigenvalue weighted by atomic mass is 16.5. The largest absolute Gasteiger partial charge is 0.381 e. The molecular weight excluding hydrogens is 302 g/mol. The number of ether oxygens (including phenoxy) is 2. The van der Waals surface area contributed by atoms with E-state index in [2.05, 4.69) is 38.3 Å². The summed E-state index contributed by atoms with van der Waals surface area (Å²) in [6.07, 6.45) is 6.95. The minimum atomic E-state index is -0.134. The smallest absolute Gasteiger partial charge is 0.191 e. The van der Waals surface area contributed by atoms with Crippen molar-refractivity contribution in [1.29, 1.82) is 0 Å². The number of methoxy groups -OCH3 is 1. The number of hydrogen-bond donors (Lipinski definition) is 2. The first-order valence-corrected chi connectivity index (χ1v) is 9.62. The highest BCUT2D eigenvalue weighted by Crippen LogP contribution is 2.25. The molecule has 1 aliphatic rings. The van der Waals surface area contributed by atoms with Crippen LogP contribution >= 0.6 is 0 Å². The summed E-state index contributed by atoms with van der Waals surface area (Å²) in [4.78, 5) is 4.82. The third kappa shape index (κ3) is 7.84. The Bertz CT molecular complexity index is 364. The second-order valence-electron chi connectivity index (χ2n) is 7.67. The van der Waals surface area contributed by atoms with E-state index in [0.717, 1.165) is 51.6 Å². The average Bonchev–Trinajstić information content (AvgIpc) is 2.58. The van der Waals surface area contributed by atoms with Gasteiger partial charge < -0.3 is 20.1 Å². The lowest BCUT2D eigenvalue weighted by Crippen LogP contribution is -2.51. The molecular formula is C19H39N3O2. The van der Waals surface area contributed by atoms with Crippen LogP contribution in [0.25, 0.3) is 0 Å². The van der Waals surface area contributed by atoms with Gasteiger partial charge in [0.25, 0.3) is 0 Å². The SMILES string of the molecule is CCCCCC(C)(C)CN=C(NCC)NCC1(OC)CCOCC1. The normalized spacial score (nSPS) is 18.5. The van der Waals surface area contributed by atoms with E-state index in [1.54, 1.807) is 7.11 Å². The fourth-order valence-corrected chi connectivity index (χ4v) is 3.01. The van der Waals surface area contributed by atoms with Gasteiger partial charge in [-0.15, -0.1) is 0 Å². The van der Waals surface area contributed by atoms with Crippen LogP contribution in [0.3, 0.4) is 0 Å². The van der Waals surface area contributed by atoms with Crippen LogP contribution in [-0.4, -0.2) is 51.5 Å². The summed E-state index contributed by atoms with van der Waals surface area (Å²) in [5.41, 5.74) is 0.111. The van der Waals surface area contributed by atoms with E-state index in [0.29, 0.717) is 0 Å². The predicted molar refractivity (Wildman–Crippen MR) is 102 cm³/mol. The number of unbranched alkanes of at least 4 members (excludes halogenated alkanes) is 2. The van der Waals surface area contributed by atoms with E-state index in [1.165, 1.54) is 25.7 Å². The Morgan fingerprint density at radius 2 is 1.88 bits per heavy atom. The van der Waals surface area contributed by atoms with Crippen LogP contribution in [0.15, 0.2) is 4.99 Å². The second kappa shape index (κ2) is 10.9. The molecule has 0 aromatic carbocycles. The molecule has 1 heterocycles. The van der Waals surface area contributed by atoms with Crippen molar-refractivity contribution in [3.05, 3.63) is 0 Å². The van der Waals surface area contributed by atoms with E-state index < -0.39 is 0 Å². The van der Waals surface area contributed by atoms with Gasteiger partial charge in [0.2, 0.25) is 0 Å². The molecule has 2 N–H and O–H groups in total. The Morgan fingerprint density at radius 1 is 1.17 bits per heavy atom. The van der Waals surface area contributed by atoms with Crippen LogP contribution < -0.4 is 10.6 Å².